The maximum atomic E-state index is 11.6. The van der Waals surface area contributed by atoms with Crippen LogP contribution in [0.2, 0.25) is 0 Å². The van der Waals surface area contributed by atoms with Crippen molar-refractivity contribution in [3.63, 3.8) is 0 Å². The van der Waals surface area contributed by atoms with Crippen LogP contribution in [0, 0.1) is 5.92 Å². The quantitative estimate of drug-likeness (QED) is 0.566. The van der Waals surface area contributed by atoms with Gasteiger partial charge in [0, 0.05) is 46.8 Å². The number of ether oxygens (including phenoxy) is 1. The van der Waals surface area contributed by atoms with E-state index in [4.69, 9.17) is 4.74 Å². The molecule has 1 rings (SSSR count). The van der Waals surface area contributed by atoms with E-state index < -0.39 is 0 Å². The van der Waals surface area contributed by atoms with E-state index in [1.54, 1.807) is 19.0 Å². The first-order valence-electron chi connectivity index (χ1n) is 7.32. The minimum absolute atomic E-state index is 0.0124. The molecule has 0 aliphatic carbocycles. The highest BCUT2D eigenvalue weighted by Crippen LogP contribution is 2.13. The highest BCUT2D eigenvalue weighted by Gasteiger charge is 2.19. The lowest BCUT2D eigenvalue weighted by Crippen LogP contribution is -2.42. The molecule has 6 heteroatoms. The van der Waals surface area contributed by atoms with Crippen LogP contribution in [-0.4, -0.2) is 75.7 Å². The van der Waals surface area contributed by atoms with Crippen molar-refractivity contribution in [2.45, 2.75) is 19.8 Å². The van der Waals surface area contributed by atoms with Crippen molar-refractivity contribution in [2.75, 3.05) is 54.0 Å². The van der Waals surface area contributed by atoms with Crippen LogP contribution in [0.25, 0.3) is 0 Å². The summed E-state index contributed by atoms with van der Waals surface area (Å²) >= 11 is 0. The first-order valence-corrected chi connectivity index (χ1v) is 7.32. The Morgan fingerprint density at radius 3 is 2.70 bits per heavy atom. The average molecular weight is 284 g/mol. The Morgan fingerprint density at radius 1 is 1.40 bits per heavy atom. The van der Waals surface area contributed by atoms with Gasteiger partial charge in [0.25, 0.3) is 0 Å². The molecule has 0 spiro atoms. The van der Waals surface area contributed by atoms with Crippen LogP contribution in [0.3, 0.4) is 0 Å². The summed E-state index contributed by atoms with van der Waals surface area (Å²) in [4.78, 5) is 19.7. The third-order valence-corrected chi connectivity index (χ3v) is 3.31. The summed E-state index contributed by atoms with van der Waals surface area (Å²) in [5.41, 5.74) is 0. The van der Waals surface area contributed by atoms with Crippen molar-refractivity contribution in [3.05, 3.63) is 0 Å². The number of carbonyl (C=O) groups excluding carboxylic acids is 1. The Hall–Kier alpha value is -1.30. The van der Waals surface area contributed by atoms with Crippen LogP contribution in [0.4, 0.5) is 0 Å². The molecule has 0 radical (unpaired) electrons. The zero-order valence-corrected chi connectivity index (χ0v) is 13.2. The molecule has 1 saturated heterocycles. The molecule has 116 valence electrons. The van der Waals surface area contributed by atoms with Crippen LogP contribution in [0.15, 0.2) is 4.99 Å². The van der Waals surface area contributed by atoms with E-state index in [0.29, 0.717) is 5.92 Å². The summed E-state index contributed by atoms with van der Waals surface area (Å²) in [7, 11) is 5.51. The molecule has 1 unspecified atom stereocenters. The summed E-state index contributed by atoms with van der Waals surface area (Å²) < 4.78 is 5.40. The molecule has 0 saturated carbocycles. The smallest absolute Gasteiger partial charge is 0.243 e. The highest BCUT2D eigenvalue weighted by atomic mass is 16.5. The van der Waals surface area contributed by atoms with Crippen molar-refractivity contribution < 1.29 is 9.53 Å². The molecule has 0 aromatic heterocycles. The van der Waals surface area contributed by atoms with Gasteiger partial charge in [-0.05, 0) is 12.8 Å². The highest BCUT2D eigenvalue weighted by molar-refractivity contribution is 5.84. The molecule has 0 bridgehead atoms. The molecule has 20 heavy (non-hydrogen) atoms. The fourth-order valence-corrected chi connectivity index (χ4v) is 2.03. The van der Waals surface area contributed by atoms with Gasteiger partial charge in [-0.1, -0.05) is 6.92 Å². The number of carbonyl (C=O) groups is 1. The second-order valence-corrected chi connectivity index (χ2v) is 5.46. The summed E-state index contributed by atoms with van der Waals surface area (Å²) in [5.74, 6) is 1.37. The molecule has 1 amide bonds. The topological polar surface area (TPSA) is 57.2 Å². The fraction of sp³-hybridized carbons (Fsp3) is 0.857. The van der Waals surface area contributed by atoms with Gasteiger partial charge in [-0.2, -0.15) is 0 Å². The van der Waals surface area contributed by atoms with Crippen LogP contribution < -0.4 is 5.32 Å². The number of likely N-dealkylation sites (N-methyl/N-ethyl adjacent to an activating group) is 1. The molecule has 1 atom stereocenters. The van der Waals surface area contributed by atoms with Crippen LogP contribution in [0.5, 0.6) is 0 Å². The number of hydrogen-bond acceptors (Lipinski definition) is 3. The molecule has 1 aliphatic rings. The van der Waals surface area contributed by atoms with E-state index >= 15 is 0 Å². The Balaban J connectivity index is 2.56. The number of aliphatic imine (C=N–C) groups is 1. The van der Waals surface area contributed by atoms with Crippen molar-refractivity contribution in [1.82, 2.24) is 15.1 Å². The van der Waals surface area contributed by atoms with Gasteiger partial charge in [0.1, 0.15) is 6.54 Å². The van der Waals surface area contributed by atoms with Crippen LogP contribution in [-0.2, 0) is 9.53 Å². The number of nitrogens with zero attached hydrogens (tertiary/aromatic N) is 3. The average Bonchev–Trinajstić information content (AvgIpc) is 2.91. The largest absolute Gasteiger partial charge is 0.381 e. The zero-order valence-electron chi connectivity index (χ0n) is 13.2. The monoisotopic (exact) mass is 284 g/mol. The number of guanidine groups is 1. The standard InChI is InChI=1S/C14H28N4O2/c1-5-7-15-14(16-9-13(19)17(2)3)18(4)10-12-6-8-20-11-12/h12H,5-11H2,1-4H3,(H,15,16). The number of nitrogens with one attached hydrogen (secondary N) is 1. The Morgan fingerprint density at radius 2 is 2.15 bits per heavy atom. The molecule has 1 N–H and O–H groups in total. The van der Waals surface area contributed by atoms with E-state index in [-0.39, 0.29) is 12.5 Å². The summed E-state index contributed by atoms with van der Waals surface area (Å²) in [6.07, 6.45) is 2.13. The van der Waals surface area contributed by atoms with E-state index in [0.717, 1.165) is 45.1 Å². The van der Waals surface area contributed by atoms with Gasteiger partial charge in [-0.25, -0.2) is 4.99 Å². The van der Waals surface area contributed by atoms with Gasteiger partial charge in [0.2, 0.25) is 5.91 Å². The minimum Gasteiger partial charge on any atom is -0.381 e. The third-order valence-electron chi connectivity index (χ3n) is 3.31. The second-order valence-electron chi connectivity index (χ2n) is 5.46. The summed E-state index contributed by atoms with van der Waals surface area (Å²) in [5, 5.41) is 3.30. The molecule has 6 nitrogen and oxygen atoms in total. The lowest BCUT2D eigenvalue weighted by Gasteiger charge is -2.25. The van der Waals surface area contributed by atoms with Gasteiger partial charge in [-0.15, -0.1) is 0 Å². The van der Waals surface area contributed by atoms with Gasteiger partial charge in [0.05, 0.1) is 6.61 Å². The van der Waals surface area contributed by atoms with E-state index in [2.05, 4.69) is 22.1 Å². The van der Waals surface area contributed by atoms with E-state index in [1.165, 1.54) is 0 Å². The lowest BCUT2D eigenvalue weighted by molar-refractivity contribution is -0.127. The Labute approximate surface area is 122 Å². The first kappa shape index (κ1) is 16.8. The normalized spacial score (nSPS) is 19.0. The molecule has 1 heterocycles. The number of amides is 1. The minimum atomic E-state index is 0.0124. The summed E-state index contributed by atoms with van der Waals surface area (Å²) in [6, 6.07) is 0. The third kappa shape index (κ3) is 5.77. The van der Waals surface area contributed by atoms with Crippen molar-refractivity contribution >= 4 is 11.9 Å². The van der Waals surface area contributed by atoms with Gasteiger partial charge in [-0.3, -0.25) is 4.79 Å². The number of hydrogen-bond donors (Lipinski definition) is 1. The Bertz CT molecular complexity index is 325. The second kappa shape index (κ2) is 8.79. The summed E-state index contributed by atoms with van der Waals surface area (Å²) in [6.45, 7) is 5.74. The molecule has 0 aromatic rings. The van der Waals surface area contributed by atoms with Crippen molar-refractivity contribution in [2.24, 2.45) is 10.9 Å². The molecular formula is C14H28N4O2. The first-order chi connectivity index (χ1) is 9.54. The SMILES string of the molecule is CCCNC(=NCC(=O)N(C)C)N(C)CC1CCOC1. The van der Waals surface area contributed by atoms with E-state index in [9.17, 15) is 4.79 Å². The van der Waals surface area contributed by atoms with Crippen molar-refractivity contribution in [1.29, 1.82) is 0 Å². The maximum absolute atomic E-state index is 11.6. The molecule has 1 aliphatic heterocycles. The van der Waals surface area contributed by atoms with Crippen LogP contribution >= 0.6 is 0 Å². The predicted octanol–water partition coefficient (Wildman–Crippen LogP) is 0.399. The maximum Gasteiger partial charge on any atom is 0.243 e. The van der Waals surface area contributed by atoms with Gasteiger partial charge in [0.15, 0.2) is 5.96 Å². The lowest BCUT2D eigenvalue weighted by atomic mass is 10.1. The zero-order chi connectivity index (χ0) is 15.0. The van der Waals surface area contributed by atoms with Gasteiger partial charge < -0.3 is 19.9 Å². The van der Waals surface area contributed by atoms with Crippen LogP contribution in [0.1, 0.15) is 19.8 Å². The fourth-order valence-electron chi connectivity index (χ4n) is 2.03. The predicted molar refractivity (Wildman–Crippen MR) is 80.8 cm³/mol. The Kier molecular flexibility index (Phi) is 7.36. The molecule has 1 fully saturated rings. The number of rotatable bonds is 6. The van der Waals surface area contributed by atoms with Crippen molar-refractivity contribution in [3.8, 4) is 0 Å². The van der Waals surface area contributed by atoms with E-state index in [1.807, 2.05) is 7.05 Å². The molecular weight excluding hydrogens is 256 g/mol. The molecule has 0 aromatic carbocycles. The van der Waals surface area contributed by atoms with Gasteiger partial charge >= 0.3 is 0 Å².